The molecule has 65 heavy (non-hydrogen) atoms. The number of aromatic nitrogens is 2. The fourth-order valence-corrected chi connectivity index (χ4v) is 8.50. The van der Waals surface area contributed by atoms with Crippen molar-refractivity contribution in [2.45, 2.75) is 57.1 Å². The molecule has 2 unspecified atom stereocenters. The fourth-order valence-electron chi connectivity index (χ4n) is 7.46. The summed E-state index contributed by atoms with van der Waals surface area (Å²) in [5, 5.41) is 11.6. The van der Waals surface area contributed by atoms with E-state index in [1.165, 1.54) is 39.9 Å². The van der Waals surface area contributed by atoms with E-state index in [9.17, 15) is 33.8 Å². The third-order valence-electron chi connectivity index (χ3n) is 10.9. The van der Waals surface area contributed by atoms with E-state index in [1.54, 1.807) is 116 Å². The molecule has 348 valence electrons. The lowest BCUT2D eigenvalue weighted by Crippen LogP contribution is -2.52. The van der Waals surface area contributed by atoms with Crippen LogP contribution < -0.4 is 20.5 Å². The van der Waals surface area contributed by atoms with Gasteiger partial charge in [-0.3, -0.25) is 13.9 Å². The molecule has 17 nitrogen and oxygen atoms in total. The van der Waals surface area contributed by atoms with Gasteiger partial charge >= 0.3 is 19.3 Å². The molecule has 1 aliphatic rings. The van der Waals surface area contributed by atoms with Crippen LogP contribution in [-0.2, 0) is 33.9 Å². The molecule has 1 aromatic heterocycles. The van der Waals surface area contributed by atoms with Crippen molar-refractivity contribution >= 4 is 25.3 Å². The summed E-state index contributed by atoms with van der Waals surface area (Å²) in [6.07, 6.45) is -4.69. The molecule has 1 amide bonds. The smallest absolute Gasteiger partial charge is 0.362 e. The van der Waals surface area contributed by atoms with Crippen molar-refractivity contribution in [3.05, 3.63) is 154 Å². The van der Waals surface area contributed by atoms with Crippen LogP contribution in [0.4, 0.5) is 5.82 Å². The highest BCUT2D eigenvalue weighted by molar-refractivity contribution is 7.53. The maximum atomic E-state index is 13.6. The topological polar surface area (TPSA) is 217 Å². The maximum absolute atomic E-state index is 13.6. The van der Waals surface area contributed by atoms with Crippen LogP contribution in [0, 0.1) is 0 Å². The molecule has 1 saturated heterocycles. The predicted molar refractivity (Wildman–Crippen MR) is 242 cm³/mol. The number of rotatable bonds is 19. The largest absolute Gasteiger partial charge is 0.497 e. The Labute approximate surface area is 378 Å². The van der Waals surface area contributed by atoms with Gasteiger partial charge in [-0.15, -0.1) is 0 Å². The zero-order chi connectivity index (χ0) is 47.2. The van der Waals surface area contributed by atoms with Gasteiger partial charge in [-0.2, -0.15) is 4.98 Å². The molecule has 0 saturated carbocycles. The van der Waals surface area contributed by atoms with Gasteiger partial charge in [0, 0.05) is 11.8 Å². The van der Waals surface area contributed by atoms with Gasteiger partial charge in [-0.1, -0.05) is 93.6 Å². The van der Waals surface area contributed by atoms with Crippen molar-refractivity contribution in [2.75, 3.05) is 59.0 Å². The molecule has 0 radical (unpaired) electrons. The molecule has 0 spiro atoms. The number of anilines is 1. The lowest BCUT2D eigenvalue weighted by Gasteiger charge is -2.39. The van der Waals surface area contributed by atoms with Crippen LogP contribution in [-0.4, -0.2) is 112 Å². The van der Waals surface area contributed by atoms with E-state index in [-0.39, 0.29) is 12.4 Å². The second-order valence-corrected chi connectivity index (χ2v) is 16.4. The van der Waals surface area contributed by atoms with Gasteiger partial charge in [0.05, 0.1) is 27.4 Å². The number of benzene rings is 4. The van der Waals surface area contributed by atoms with Gasteiger partial charge in [0.15, 0.2) is 6.23 Å². The van der Waals surface area contributed by atoms with Gasteiger partial charge in [-0.05, 0) is 85.7 Å². The number of amides is 1. The molecule has 6 rings (SSSR count). The van der Waals surface area contributed by atoms with Gasteiger partial charge in [-0.25, -0.2) is 9.59 Å². The Balaban J connectivity index is 0.00000105. The molecule has 4 N–H and O–H groups in total. The van der Waals surface area contributed by atoms with Gasteiger partial charge in [0.1, 0.15) is 41.7 Å². The van der Waals surface area contributed by atoms with Crippen LogP contribution in [0.1, 0.15) is 61.0 Å². The standard InChI is InChI=1S/C41H42N3O13P.C6H15N/c1-4-54-35(45)26-55-36-38(44-22-21-34(43-39(44)47)42-37(46)27-13-7-5-8-14-27)57-33(41(36,48)58(49,50)51)25-56-40(28-15-9-6-10-16-28,29-17-11-19-31(23-29)52-2)30-18-12-20-32(24-30)53-3;1-4-7(5-2)6-3/h5-24,33,36,38,48H,4,25-26H2,1-3H3,(H2,49,50,51)(H,42,43,46,47);4-6H2,1-3H3/t33-,36?,38-,41?;/m1./s1. The third-order valence-corrected chi connectivity index (χ3v) is 12.4. The number of hydrogen-bond acceptors (Lipinski definition) is 13. The average molecular weight is 917 g/mol. The van der Waals surface area contributed by atoms with Crippen molar-refractivity contribution in [1.82, 2.24) is 14.5 Å². The zero-order valence-corrected chi connectivity index (χ0v) is 38.1. The quantitative estimate of drug-likeness (QED) is 0.0452. The molecule has 18 heteroatoms. The van der Waals surface area contributed by atoms with Crippen molar-refractivity contribution in [3.63, 3.8) is 0 Å². The SMILES string of the molecule is CCN(CC)CC.CCOC(=O)COC1[C@H](n2ccc(NC(=O)c3ccccc3)nc2=O)O[C@H](COC(c2ccccc2)(c2cccc(OC)c2)c2cccc(OC)c2)C1(O)P(=O)(O)O. The van der Waals surface area contributed by atoms with E-state index in [0.717, 1.165) is 10.8 Å². The molecule has 4 atom stereocenters. The molecule has 0 aliphatic carbocycles. The molecule has 2 heterocycles. The second-order valence-electron chi connectivity index (χ2n) is 14.6. The van der Waals surface area contributed by atoms with Crippen molar-refractivity contribution < 1.29 is 57.5 Å². The number of carbonyl (C=O) groups is 2. The average Bonchev–Trinajstić information content (AvgIpc) is 3.61. The highest BCUT2D eigenvalue weighted by Crippen LogP contribution is 2.60. The minimum absolute atomic E-state index is 0.0400. The Kier molecular flexibility index (Phi) is 17.7. The second kappa shape index (κ2) is 22.9. The third kappa shape index (κ3) is 11.6. The summed E-state index contributed by atoms with van der Waals surface area (Å²) in [7, 11) is -2.73. The molecule has 1 aliphatic heterocycles. The lowest BCUT2D eigenvalue weighted by atomic mass is 9.79. The summed E-state index contributed by atoms with van der Waals surface area (Å²) in [5.41, 5.74) is -0.742. The molecular weight excluding hydrogens is 860 g/mol. The van der Waals surface area contributed by atoms with E-state index in [4.69, 9.17) is 28.4 Å². The first kappa shape index (κ1) is 50.3. The molecule has 1 fully saturated rings. The Morgan fingerprint density at radius 2 is 1.38 bits per heavy atom. The highest BCUT2D eigenvalue weighted by Gasteiger charge is 2.67. The minimum atomic E-state index is -5.73. The Morgan fingerprint density at radius 3 is 1.88 bits per heavy atom. The van der Waals surface area contributed by atoms with Crippen LogP contribution >= 0.6 is 7.60 Å². The molecule has 5 aromatic rings. The van der Waals surface area contributed by atoms with Gasteiger partial charge < -0.3 is 53.5 Å². The number of aliphatic hydroxyl groups is 1. The Morgan fingerprint density at radius 1 is 0.831 bits per heavy atom. The van der Waals surface area contributed by atoms with Crippen LogP contribution in [0.3, 0.4) is 0 Å². The van der Waals surface area contributed by atoms with Crippen LogP contribution in [0.5, 0.6) is 11.5 Å². The van der Waals surface area contributed by atoms with Crippen LogP contribution in [0.25, 0.3) is 0 Å². The summed E-state index contributed by atoms with van der Waals surface area (Å²) in [6, 6.07) is 32.4. The first-order valence-electron chi connectivity index (χ1n) is 21.1. The Hall–Kier alpha value is -5.75. The lowest BCUT2D eigenvalue weighted by molar-refractivity contribution is -0.156. The number of carbonyl (C=O) groups excluding carboxylic acids is 2. The van der Waals surface area contributed by atoms with Crippen molar-refractivity contribution in [3.8, 4) is 11.5 Å². The van der Waals surface area contributed by atoms with Gasteiger partial charge in [0.2, 0.25) is 5.34 Å². The number of ether oxygens (including phenoxy) is 6. The number of methoxy groups -OCH3 is 2. The number of nitrogens with zero attached hydrogens (tertiary/aromatic N) is 3. The van der Waals surface area contributed by atoms with E-state index < -0.39 is 67.8 Å². The van der Waals surface area contributed by atoms with E-state index in [1.807, 2.05) is 0 Å². The highest BCUT2D eigenvalue weighted by atomic mass is 31.2. The monoisotopic (exact) mass is 916 g/mol. The van der Waals surface area contributed by atoms with E-state index in [0.29, 0.717) is 33.8 Å². The van der Waals surface area contributed by atoms with Crippen LogP contribution in [0.2, 0.25) is 0 Å². The first-order valence-corrected chi connectivity index (χ1v) is 22.7. The number of nitrogens with one attached hydrogen (secondary N) is 1. The first-order chi connectivity index (χ1) is 31.2. The number of esters is 1. The molecule has 4 aromatic carbocycles. The Bertz CT molecular complexity index is 2380. The van der Waals surface area contributed by atoms with E-state index in [2.05, 4.69) is 36.0 Å². The van der Waals surface area contributed by atoms with Gasteiger partial charge in [0.25, 0.3) is 5.91 Å². The number of hydrogen-bond donors (Lipinski definition) is 4. The zero-order valence-electron chi connectivity index (χ0n) is 37.2. The molecular formula is C47H57N4O13P. The van der Waals surface area contributed by atoms with Crippen molar-refractivity contribution in [2.24, 2.45) is 0 Å². The van der Waals surface area contributed by atoms with E-state index >= 15 is 0 Å². The fraction of sp³-hybridized carbons (Fsp3) is 0.362. The molecule has 0 bridgehead atoms. The summed E-state index contributed by atoms with van der Waals surface area (Å²) in [6.45, 7) is 10.0. The summed E-state index contributed by atoms with van der Waals surface area (Å²) >= 11 is 0. The minimum Gasteiger partial charge on any atom is -0.497 e. The predicted octanol–water partition coefficient (Wildman–Crippen LogP) is 5.58. The maximum Gasteiger partial charge on any atom is 0.362 e. The van der Waals surface area contributed by atoms with Crippen LogP contribution in [0.15, 0.2) is 126 Å². The normalized spacial score (nSPS) is 18.3. The summed E-state index contributed by atoms with van der Waals surface area (Å²) < 4.78 is 49.2. The summed E-state index contributed by atoms with van der Waals surface area (Å²) in [5.74, 6) is -0.684. The van der Waals surface area contributed by atoms with Crippen molar-refractivity contribution in [1.29, 1.82) is 0 Å². The summed E-state index contributed by atoms with van der Waals surface area (Å²) in [4.78, 5) is 67.1.